The highest BCUT2D eigenvalue weighted by atomic mass is 16.6. The van der Waals surface area contributed by atoms with Crippen LogP contribution in [0.3, 0.4) is 0 Å². The number of likely N-dealkylation sites (N-methyl/N-ethyl adjacent to an activating group) is 1. The van der Waals surface area contributed by atoms with Crippen LogP contribution in [-0.2, 0) is 0 Å². The van der Waals surface area contributed by atoms with Gasteiger partial charge in [-0.1, -0.05) is 18.9 Å². The number of aliphatic hydroxyl groups is 1. The summed E-state index contributed by atoms with van der Waals surface area (Å²) in [5, 5.41) is 21.0. The lowest BCUT2D eigenvalue weighted by atomic mass is 9.91. The highest BCUT2D eigenvalue weighted by molar-refractivity contribution is 5.95. The van der Waals surface area contributed by atoms with E-state index in [1.165, 1.54) is 11.0 Å². The van der Waals surface area contributed by atoms with Crippen molar-refractivity contribution < 1.29 is 14.8 Å². The topological polar surface area (TPSA) is 83.7 Å². The quantitative estimate of drug-likeness (QED) is 0.684. The summed E-state index contributed by atoms with van der Waals surface area (Å²) in [6.45, 7) is 1.64. The first-order chi connectivity index (χ1) is 9.91. The van der Waals surface area contributed by atoms with Gasteiger partial charge in [0.05, 0.1) is 17.1 Å². The summed E-state index contributed by atoms with van der Waals surface area (Å²) in [4.78, 5) is 24.5. The van der Waals surface area contributed by atoms with Crippen molar-refractivity contribution in [3.8, 4) is 0 Å². The van der Waals surface area contributed by atoms with Crippen molar-refractivity contribution >= 4 is 11.6 Å². The van der Waals surface area contributed by atoms with Crippen LogP contribution in [0.4, 0.5) is 5.69 Å². The van der Waals surface area contributed by atoms with Crippen LogP contribution >= 0.6 is 0 Å². The van der Waals surface area contributed by atoms with Crippen molar-refractivity contribution in [1.82, 2.24) is 4.90 Å². The number of carbonyl (C=O) groups excluding carboxylic acids is 1. The summed E-state index contributed by atoms with van der Waals surface area (Å²) in [5.74, 6) is -0.288. The fourth-order valence-electron chi connectivity index (χ4n) is 2.84. The van der Waals surface area contributed by atoms with E-state index in [1.54, 1.807) is 26.1 Å². The van der Waals surface area contributed by atoms with Gasteiger partial charge in [-0.05, 0) is 25.8 Å². The van der Waals surface area contributed by atoms with Crippen molar-refractivity contribution in [3.63, 3.8) is 0 Å². The predicted molar refractivity (Wildman–Crippen MR) is 78.2 cm³/mol. The number of nitro benzene ring substituents is 1. The number of nitrogens with zero attached hydrogens (tertiary/aromatic N) is 2. The summed E-state index contributed by atoms with van der Waals surface area (Å²) >= 11 is 0. The van der Waals surface area contributed by atoms with E-state index in [0.29, 0.717) is 12.0 Å². The molecule has 0 heterocycles. The molecule has 2 rings (SSSR count). The molecule has 0 bridgehead atoms. The lowest BCUT2D eigenvalue weighted by Crippen LogP contribution is -2.46. The van der Waals surface area contributed by atoms with Crippen LogP contribution in [0, 0.1) is 17.0 Å². The smallest absolute Gasteiger partial charge is 0.273 e. The molecule has 0 spiro atoms. The Bertz CT molecular complexity index is 559. The monoisotopic (exact) mass is 292 g/mol. The number of carbonyl (C=O) groups is 1. The van der Waals surface area contributed by atoms with Crippen molar-refractivity contribution in [1.29, 1.82) is 0 Å². The second kappa shape index (κ2) is 6.22. The zero-order chi connectivity index (χ0) is 15.6. The zero-order valence-electron chi connectivity index (χ0n) is 12.3. The normalized spacial score (nSPS) is 21.9. The van der Waals surface area contributed by atoms with Gasteiger partial charge in [-0.3, -0.25) is 14.9 Å². The number of hydrogen-bond acceptors (Lipinski definition) is 4. The molecule has 1 saturated carbocycles. The summed E-state index contributed by atoms with van der Waals surface area (Å²) in [7, 11) is 1.65. The summed E-state index contributed by atoms with van der Waals surface area (Å²) in [6.07, 6.45) is 2.88. The highest BCUT2D eigenvalue weighted by Crippen LogP contribution is 2.25. The van der Waals surface area contributed by atoms with Crippen molar-refractivity contribution in [2.75, 3.05) is 7.05 Å². The molecule has 2 atom stereocenters. The van der Waals surface area contributed by atoms with Gasteiger partial charge in [0.1, 0.15) is 0 Å². The Morgan fingerprint density at radius 1 is 1.38 bits per heavy atom. The number of hydrogen-bond donors (Lipinski definition) is 1. The molecule has 0 aliphatic heterocycles. The number of rotatable bonds is 3. The van der Waals surface area contributed by atoms with Crippen LogP contribution in [0.5, 0.6) is 0 Å². The first-order valence-corrected chi connectivity index (χ1v) is 7.12. The van der Waals surface area contributed by atoms with E-state index in [0.717, 1.165) is 19.3 Å². The van der Waals surface area contributed by atoms with E-state index in [9.17, 15) is 20.0 Å². The first kappa shape index (κ1) is 15.4. The molecule has 6 heteroatoms. The number of amides is 1. The Kier molecular flexibility index (Phi) is 4.57. The van der Waals surface area contributed by atoms with Crippen molar-refractivity contribution in [3.05, 3.63) is 39.4 Å². The van der Waals surface area contributed by atoms with Crippen LogP contribution in [0.1, 0.15) is 41.6 Å². The molecule has 0 saturated heterocycles. The Morgan fingerprint density at radius 2 is 2.05 bits per heavy atom. The molecule has 6 nitrogen and oxygen atoms in total. The van der Waals surface area contributed by atoms with Crippen LogP contribution in [-0.4, -0.2) is 40.0 Å². The molecule has 1 N–H and O–H groups in total. The fraction of sp³-hybridized carbons (Fsp3) is 0.533. The molecular weight excluding hydrogens is 272 g/mol. The molecule has 1 aliphatic carbocycles. The minimum absolute atomic E-state index is 0.0570. The van der Waals surface area contributed by atoms with E-state index in [1.807, 2.05) is 0 Å². The Hall–Kier alpha value is -1.95. The molecule has 1 fully saturated rings. The lowest BCUT2D eigenvalue weighted by Gasteiger charge is -2.35. The summed E-state index contributed by atoms with van der Waals surface area (Å²) in [6, 6.07) is 4.27. The predicted octanol–water partition coefficient (Wildman–Crippen LogP) is 2.28. The summed E-state index contributed by atoms with van der Waals surface area (Å²) in [5.41, 5.74) is 0.753. The maximum atomic E-state index is 12.5. The highest BCUT2D eigenvalue weighted by Gasteiger charge is 2.30. The maximum absolute atomic E-state index is 12.5. The average molecular weight is 292 g/mol. The molecular formula is C15H20N2O4. The van der Waals surface area contributed by atoms with Gasteiger partial charge >= 0.3 is 0 Å². The van der Waals surface area contributed by atoms with E-state index < -0.39 is 11.0 Å². The van der Waals surface area contributed by atoms with Gasteiger partial charge in [-0.2, -0.15) is 0 Å². The molecule has 1 aromatic carbocycles. The molecule has 0 unspecified atom stereocenters. The fourth-order valence-corrected chi connectivity index (χ4v) is 2.84. The van der Waals surface area contributed by atoms with Gasteiger partial charge in [0.2, 0.25) is 0 Å². The van der Waals surface area contributed by atoms with E-state index >= 15 is 0 Å². The van der Waals surface area contributed by atoms with Crippen LogP contribution < -0.4 is 0 Å². The first-order valence-electron chi connectivity index (χ1n) is 7.12. The molecule has 114 valence electrons. The van der Waals surface area contributed by atoms with Gasteiger partial charge in [0, 0.05) is 24.2 Å². The second-order valence-electron chi connectivity index (χ2n) is 5.59. The van der Waals surface area contributed by atoms with Gasteiger partial charge < -0.3 is 10.0 Å². The third-order valence-corrected chi connectivity index (χ3v) is 4.16. The van der Waals surface area contributed by atoms with E-state index in [-0.39, 0.29) is 23.2 Å². The largest absolute Gasteiger partial charge is 0.391 e. The molecule has 1 aromatic rings. The molecule has 0 radical (unpaired) electrons. The van der Waals surface area contributed by atoms with Crippen molar-refractivity contribution in [2.45, 2.75) is 44.8 Å². The molecule has 1 amide bonds. The third-order valence-electron chi connectivity index (χ3n) is 4.16. The third kappa shape index (κ3) is 3.21. The number of aliphatic hydroxyl groups excluding tert-OH is 1. The Morgan fingerprint density at radius 3 is 2.67 bits per heavy atom. The van der Waals surface area contributed by atoms with Crippen molar-refractivity contribution in [2.24, 2.45) is 0 Å². The minimum atomic E-state index is -0.520. The zero-order valence-corrected chi connectivity index (χ0v) is 12.3. The van der Waals surface area contributed by atoms with Gasteiger partial charge in [-0.15, -0.1) is 0 Å². The van der Waals surface area contributed by atoms with E-state index in [4.69, 9.17) is 0 Å². The van der Waals surface area contributed by atoms with Crippen LogP contribution in [0.2, 0.25) is 0 Å². The van der Waals surface area contributed by atoms with Crippen LogP contribution in [0.25, 0.3) is 0 Å². The Balaban J connectivity index is 2.23. The minimum Gasteiger partial charge on any atom is -0.391 e. The maximum Gasteiger partial charge on any atom is 0.273 e. The Labute approximate surface area is 123 Å². The SMILES string of the molecule is Cc1ccc(C(=O)N(C)[C@@H]2CCCC[C@H]2O)cc1[N+](=O)[O-]. The number of nitro groups is 1. The van der Waals surface area contributed by atoms with Gasteiger partial charge in [0.25, 0.3) is 11.6 Å². The lowest BCUT2D eigenvalue weighted by molar-refractivity contribution is -0.385. The average Bonchev–Trinajstić information content (AvgIpc) is 2.46. The molecule has 1 aliphatic rings. The number of benzene rings is 1. The van der Waals surface area contributed by atoms with Gasteiger partial charge in [-0.25, -0.2) is 0 Å². The molecule has 0 aromatic heterocycles. The van der Waals surface area contributed by atoms with E-state index in [2.05, 4.69) is 0 Å². The van der Waals surface area contributed by atoms with Gasteiger partial charge in [0.15, 0.2) is 0 Å². The molecule has 21 heavy (non-hydrogen) atoms. The standard InChI is InChI=1S/C15H20N2O4/c1-10-7-8-11(9-13(10)17(20)21)15(19)16(2)12-5-3-4-6-14(12)18/h7-9,12,14,18H,3-6H2,1-2H3/t12-,14-/m1/s1. The number of aryl methyl sites for hydroxylation is 1. The van der Waals surface area contributed by atoms with Crippen LogP contribution in [0.15, 0.2) is 18.2 Å². The second-order valence-corrected chi connectivity index (χ2v) is 5.59. The summed E-state index contributed by atoms with van der Waals surface area (Å²) < 4.78 is 0.